The lowest BCUT2D eigenvalue weighted by molar-refractivity contribution is -0.139. The molecule has 0 aliphatic heterocycles. The molecule has 4 rings (SSSR count). The van der Waals surface area contributed by atoms with Crippen molar-refractivity contribution in [3.8, 4) is 0 Å². The minimum Gasteiger partial charge on any atom is -0.357 e. The SMILES string of the molecule is CNC(=O)[C@@H](Cc1ccccc1)N(Cc1ccc(Br)cc1)C(=O)CN(c1ccc(C(C)C)cc1)S(=O)(=O)c1ccc(C)cc1. The van der Waals surface area contributed by atoms with E-state index in [1.807, 2.05) is 73.7 Å². The van der Waals surface area contributed by atoms with Gasteiger partial charge in [-0.05, 0) is 65.9 Å². The van der Waals surface area contributed by atoms with Crippen LogP contribution in [0, 0.1) is 6.92 Å². The largest absolute Gasteiger partial charge is 0.357 e. The number of rotatable bonds is 12. The lowest BCUT2D eigenvalue weighted by atomic mass is 10.0. The van der Waals surface area contributed by atoms with E-state index >= 15 is 0 Å². The molecule has 0 aliphatic rings. The van der Waals surface area contributed by atoms with Gasteiger partial charge < -0.3 is 10.2 Å². The van der Waals surface area contributed by atoms with E-state index in [2.05, 4.69) is 35.1 Å². The molecule has 0 spiro atoms. The number of carbonyl (C=O) groups excluding carboxylic acids is 2. The molecule has 230 valence electrons. The molecule has 0 unspecified atom stereocenters. The van der Waals surface area contributed by atoms with Crippen LogP contribution in [-0.2, 0) is 32.6 Å². The van der Waals surface area contributed by atoms with Gasteiger partial charge in [0.1, 0.15) is 12.6 Å². The molecule has 2 amide bonds. The maximum atomic E-state index is 14.4. The van der Waals surface area contributed by atoms with Gasteiger partial charge in [0, 0.05) is 24.5 Å². The van der Waals surface area contributed by atoms with Crippen LogP contribution >= 0.6 is 15.9 Å². The van der Waals surface area contributed by atoms with Gasteiger partial charge in [0.05, 0.1) is 10.6 Å². The number of benzene rings is 4. The Morgan fingerprint density at radius 1 is 0.818 bits per heavy atom. The van der Waals surface area contributed by atoms with Crippen molar-refractivity contribution < 1.29 is 18.0 Å². The first-order valence-electron chi connectivity index (χ1n) is 14.5. The summed E-state index contributed by atoms with van der Waals surface area (Å²) in [6.07, 6.45) is 0.260. The van der Waals surface area contributed by atoms with Crippen molar-refractivity contribution >= 4 is 43.5 Å². The highest BCUT2D eigenvalue weighted by Crippen LogP contribution is 2.27. The Bertz CT molecular complexity index is 1660. The van der Waals surface area contributed by atoms with Crippen LogP contribution in [0.4, 0.5) is 5.69 Å². The molecule has 0 bridgehead atoms. The Morgan fingerprint density at radius 2 is 1.43 bits per heavy atom. The van der Waals surface area contributed by atoms with Crippen LogP contribution in [0.1, 0.15) is 42.0 Å². The summed E-state index contributed by atoms with van der Waals surface area (Å²) in [5.41, 5.74) is 4.02. The number of aryl methyl sites for hydroxylation is 1. The summed E-state index contributed by atoms with van der Waals surface area (Å²) in [6, 6.07) is 29.9. The van der Waals surface area contributed by atoms with E-state index in [4.69, 9.17) is 0 Å². The van der Waals surface area contributed by atoms with Crippen molar-refractivity contribution in [2.24, 2.45) is 0 Å². The molecule has 4 aromatic carbocycles. The Labute approximate surface area is 269 Å². The van der Waals surface area contributed by atoms with Crippen LogP contribution in [0.2, 0.25) is 0 Å². The summed E-state index contributed by atoms with van der Waals surface area (Å²) in [7, 11) is -2.61. The summed E-state index contributed by atoms with van der Waals surface area (Å²) >= 11 is 3.45. The predicted molar refractivity (Wildman–Crippen MR) is 179 cm³/mol. The van der Waals surface area contributed by atoms with E-state index in [9.17, 15) is 18.0 Å². The monoisotopic (exact) mass is 675 g/mol. The van der Waals surface area contributed by atoms with Crippen LogP contribution in [-0.4, -0.2) is 44.8 Å². The molecule has 1 N–H and O–H groups in total. The molecule has 44 heavy (non-hydrogen) atoms. The lowest BCUT2D eigenvalue weighted by Gasteiger charge is -2.33. The molecule has 0 heterocycles. The molecule has 0 fully saturated rings. The van der Waals surface area contributed by atoms with Crippen molar-refractivity contribution in [2.75, 3.05) is 17.9 Å². The van der Waals surface area contributed by atoms with Gasteiger partial charge in [0.15, 0.2) is 0 Å². The van der Waals surface area contributed by atoms with Crippen LogP contribution in [0.15, 0.2) is 112 Å². The van der Waals surface area contributed by atoms with Crippen molar-refractivity contribution in [1.82, 2.24) is 10.2 Å². The first-order chi connectivity index (χ1) is 21.0. The molecule has 4 aromatic rings. The van der Waals surface area contributed by atoms with Gasteiger partial charge in [0.2, 0.25) is 11.8 Å². The molecule has 0 aliphatic carbocycles. The third-order valence-corrected chi connectivity index (χ3v) is 9.84. The second-order valence-electron chi connectivity index (χ2n) is 11.0. The minimum atomic E-state index is -4.14. The first-order valence-corrected chi connectivity index (χ1v) is 16.7. The zero-order chi connectivity index (χ0) is 31.9. The highest BCUT2D eigenvalue weighted by atomic mass is 79.9. The van der Waals surface area contributed by atoms with Crippen molar-refractivity contribution in [1.29, 1.82) is 0 Å². The van der Waals surface area contributed by atoms with Crippen LogP contribution in [0.25, 0.3) is 0 Å². The van der Waals surface area contributed by atoms with Crippen LogP contribution in [0.3, 0.4) is 0 Å². The molecule has 1 atom stereocenters. The fraction of sp³-hybridized carbons (Fsp3) is 0.257. The Hall–Kier alpha value is -3.95. The number of anilines is 1. The average molecular weight is 677 g/mol. The Morgan fingerprint density at radius 3 is 2.00 bits per heavy atom. The molecule has 7 nitrogen and oxygen atoms in total. The number of hydrogen-bond donors (Lipinski definition) is 1. The highest BCUT2D eigenvalue weighted by Gasteiger charge is 2.34. The van der Waals surface area contributed by atoms with Gasteiger partial charge >= 0.3 is 0 Å². The third kappa shape index (κ3) is 8.15. The number of amides is 2. The molecule has 0 radical (unpaired) electrons. The summed E-state index contributed by atoms with van der Waals surface area (Å²) in [4.78, 5) is 29.3. The number of sulfonamides is 1. The molecule has 0 saturated carbocycles. The summed E-state index contributed by atoms with van der Waals surface area (Å²) in [5, 5.41) is 2.71. The molecular formula is C35H38BrN3O4S. The molecule has 9 heteroatoms. The van der Waals surface area contributed by atoms with Crippen molar-refractivity contribution in [3.63, 3.8) is 0 Å². The number of nitrogens with zero attached hydrogens (tertiary/aromatic N) is 2. The van der Waals surface area contributed by atoms with E-state index in [1.165, 1.54) is 11.9 Å². The van der Waals surface area contributed by atoms with Gasteiger partial charge in [-0.3, -0.25) is 13.9 Å². The number of hydrogen-bond acceptors (Lipinski definition) is 4. The van der Waals surface area contributed by atoms with E-state index in [0.717, 1.165) is 31.0 Å². The third-order valence-electron chi connectivity index (χ3n) is 7.52. The van der Waals surface area contributed by atoms with E-state index in [0.29, 0.717) is 5.69 Å². The molecule has 0 saturated heterocycles. The number of carbonyl (C=O) groups is 2. The van der Waals surface area contributed by atoms with Gasteiger partial charge in [-0.15, -0.1) is 0 Å². The first kappa shape index (κ1) is 33.0. The van der Waals surface area contributed by atoms with Crippen LogP contribution < -0.4 is 9.62 Å². The fourth-order valence-electron chi connectivity index (χ4n) is 4.90. The van der Waals surface area contributed by atoms with E-state index < -0.39 is 28.5 Å². The average Bonchev–Trinajstić information content (AvgIpc) is 3.02. The quantitative estimate of drug-likeness (QED) is 0.187. The highest BCUT2D eigenvalue weighted by molar-refractivity contribution is 9.10. The topological polar surface area (TPSA) is 86.8 Å². The summed E-state index contributed by atoms with van der Waals surface area (Å²) < 4.78 is 30.3. The van der Waals surface area contributed by atoms with E-state index in [1.54, 1.807) is 36.4 Å². The zero-order valence-corrected chi connectivity index (χ0v) is 27.8. The predicted octanol–water partition coefficient (Wildman–Crippen LogP) is 6.46. The number of halogens is 1. The maximum Gasteiger partial charge on any atom is 0.264 e. The van der Waals surface area contributed by atoms with E-state index in [-0.39, 0.29) is 29.7 Å². The Balaban J connectivity index is 1.79. The summed E-state index contributed by atoms with van der Waals surface area (Å²) in [5.74, 6) is -0.588. The standard InChI is InChI=1S/C35H38BrN3O4S/c1-25(2)29-14-18-31(19-15-29)39(44(42,43)32-20-10-26(3)11-21-32)24-34(40)38(23-28-12-16-30(36)17-13-28)33(35(41)37-4)22-27-8-6-5-7-9-27/h5-21,25,33H,22-24H2,1-4H3,(H,37,41)/t33-/m1/s1. The second-order valence-corrected chi connectivity index (χ2v) is 13.8. The maximum absolute atomic E-state index is 14.4. The molecule has 0 aromatic heterocycles. The number of nitrogens with one attached hydrogen (secondary N) is 1. The zero-order valence-electron chi connectivity index (χ0n) is 25.4. The lowest BCUT2D eigenvalue weighted by Crippen LogP contribution is -2.53. The smallest absolute Gasteiger partial charge is 0.264 e. The fourth-order valence-corrected chi connectivity index (χ4v) is 6.58. The Kier molecular flexibility index (Phi) is 11.0. The van der Waals surface area contributed by atoms with Gasteiger partial charge in [0.25, 0.3) is 10.0 Å². The van der Waals surface area contributed by atoms with Gasteiger partial charge in [-0.1, -0.05) is 102 Å². The van der Waals surface area contributed by atoms with Gasteiger partial charge in [-0.25, -0.2) is 8.42 Å². The second kappa shape index (κ2) is 14.7. The van der Waals surface area contributed by atoms with Gasteiger partial charge in [-0.2, -0.15) is 0 Å². The van der Waals surface area contributed by atoms with Crippen molar-refractivity contribution in [3.05, 3.63) is 130 Å². The van der Waals surface area contributed by atoms with Crippen LogP contribution in [0.5, 0.6) is 0 Å². The van der Waals surface area contributed by atoms with Crippen molar-refractivity contribution in [2.45, 2.75) is 50.6 Å². The normalized spacial score (nSPS) is 12.0. The minimum absolute atomic E-state index is 0.0791. The summed E-state index contributed by atoms with van der Waals surface area (Å²) in [6.45, 7) is 5.63. The molecular weight excluding hydrogens is 638 g/mol. The number of likely N-dealkylation sites (N-methyl/N-ethyl adjacent to an activating group) is 1.